The second kappa shape index (κ2) is 3.08. The number of allylic oxidation sites excluding steroid dienone is 1. The van der Waals surface area contributed by atoms with E-state index in [1.165, 1.54) is 4.24 Å². The molecule has 0 amide bonds. The predicted molar refractivity (Wildman–Crippen MR) is 46.3 cm³/mol. The Morgan fingerprint density at radius 1 is 1.75 bits per heavy atom. The van der Waals surface area contributed by atoms with Gasteiger partial charge in [0.25, 0.3) is 0 Å². The van der Waals surface area contributed by atoms with Gasteiger partial charge in [-0.3, -0.25) is 0 Å². The Morgan fingerprint density at radius 2 is 2.38 bits per heavy atom. The van der Waals surface area contributed by atoms with Gasteiger partial charge in [-0.1, -0.05) is 13.0 Å². The Morgan fingerprint density at radius 3 is 2.75 bits per heavy atom. The van der Waals surface area contributed by atoms with Crippen molar-refractivity contribution >= 4 is 34.2 Å². The van der Waals surface area contributed by atoms with Crippen LogP contribution >= 0.6 is 34.2 Å². The molecule has 1 rings (SSSR count). The van der Waals surface area contributed by atoms with Crippen molar-refractivity contribution in [2.24, 2.45) is 5.92 Å². The topological polar surface area (TPSA) is 0 Å². The third-order valence-electron chi connectivity index (χ3n) is 0.888. The van der Waals surface area contributed by atoms with Gasteiger partial charge in [-0.25, -0.2) is 0 Å². The standard InChI is InChI=1S/C5H8S3/c1-4(3-6)2-5-7-8-5/h2,4,6H,3H2,1H3. The second-order valence-electron chi connectivity index (χ2n) is 1.81. The normalized spacial score (nSPS) is 20.5. The molecule has 8 heavy (non-hydrogen) atoms. The Bertz CT molecular complexity index is 102. The van der Waals surface area contributed by atoms with Crippen LogP contribution in [0.5, 0.6) is 0 Å². The summed E-state index contributed by atoms with van der Waals surface area (Å²) in [5.74, 6) is 1.61. The summed E-state index contributed by atoms with van der Waals surface area (Å²) in [6, 6.07) is 0. The summed E-state index contributed by atoms with van der Waals surface area (Å²) in [5, 5.41) is 0. The molecule has 0 N–H and O–H groups in total. The van der Waals surface area contributed by atoms with Gasteiger partial charge in [0, 0.05) is 0 Å². The quantitative estimate of drug-likeness (QED) is 0.378. The molecule has 0 nitrogen and oxygen atoms in total. The van der Waals surface area contributed by atoms with Crippen LogP contribution in [0.15, 0.2) is 10.3 Å². The highest BCUT2D eigenvalue weighted by atomic mass is 33.2. The van der Waals surface area contributed by atoms with Crippen LogP contribution in [0.2, 0.25) is 0 Å². The highest BCUT2D eigenvalue weighted by Crippen LogP contribution is 2.58. The molecule has 0 saturated carbocycles. The van der Waals surface area contributed by atoms with Gasteiger partial charge in [0.15, 0.2) is 0 Å². The van der Waals surface area contributed by atoms with Crippen molar-refractivity contribution in [1.82, 2.24) is 0 Å². The molecule has 0 aromatic heterocycles. The van der Waals surface area contributed by atoms with E-state index in [9.17, 15) is 0 Å². The van der Waals surface area contributed by atoms with E-state index >= 15 is 0 Å². The zero-order valence-corrected chi connectivity index (χ0v) is 7.15. The Kier molecular flexibility index (Phi) is 2.66. The number of hydrogen-bond donors (Lipinski definition) is 1. The molecule has 1 unspecified atom stereocenters. The Labute approximate surface area is 63.3 Å². The SMILES string of the molecule is CC(C=C1SS1)CS. The highest BCUT2D eigenvalue weighted by molar-refractivity contribution is 8.96. The van der Waals surface area contributed by atoms with Crippen molar-refractivity contribution < 1.29 is 0 Å². The Balaban J connectivity index is 2.25. The van der Waals surface area contributed by atoms with Crippen molar-refractivity contribution in [1.29, 1.82) is 0 Å². The third kappa shape index (κ3) is 2.37. The van der Waals surface area contributed by atoms with Crippen LogP contribution in [0.3, 0.4) is 0 Å². The molecular weight excluding hydrogens is 156 g/mol. The molecule has 0 bridgehead atoms. The Hall–Kier alpha value is 0.790. The highest BCUT2D eigenvalue weighted by Gasteiger charge is 2.14. The predicted octanol–water partition coefficient (Wildman–Crippen LogP) is 2.79. The first-order valence-corrected chi connectivity index (χ1v) is 5.28. The number of hydrogen-bond acceptors (Lipinski definition) is 3. The van der Waals surface area contributed by atoms with E-state index < -0.39 is 0 Å². The lowest BCUT2D eigenvalue weighted by Crippen LogP contribution is -1.87. The zero-order valence-electron chi connectivity index (χ0n) is 4.63. The number of thiol groups is 1. The molecule has 1 atom stereocenters. The molecular formula is C5H8S3. The molecule has 1 heterocycles. The first kappa shape index (κ1) is 6.90. The van der Waals surface area contributed by atoms with Crippen molar-refractivity contribution in [3.63, 3.8) is 0 Å². The van der Waals surface area contributed by atoms with Gasteiger partial charge in [-0.15, -0.1) is 0 Å². The third-order valence-corrected chi connectivity index (χ3v) is 3.17. The molecule has 1 fully saturated rings. The maximum atomic E-state index is 4.15. The molecule has 1 aliphatic rings. The molecule has 0 aromatic rings. The maximum absolute atomic E-state index is 4.15. The average Bonchev–Trinajstić information content (AvgIpc) is 2.50. The van der Waals surface area contributed by atoms with Crippen LogP contribution in [0.25, 0.3) is 0 Å². The van der Waals surface area contributed by atoms with E-state index in [2.05, 4.69) is 25.6 Å². The maximum Gasteiger partial charge on any atom is 0.0589 e. The second-order valence-corrected chi connectivity index (χ2v) is 4.65. The minimum atomic E-state index is 0.649. The summed E-state index contributed by atoms with van der Waals surface area (Å²) < 4.78 is 1.46. The van der Waals surface area contributed by atoms with Gasteiger partial charge in [0.05, 0.1) is 4.24 Å². The molecule has 0 aliphatic carbocycles. The summed E-state index contributed by atoms with van der Waals surface area (Å²) >= 11 is 4.15. The largest absolute Gasteiger partial charge is 0.179 e. The minimum Gasteiger partial charge on any atom is -0.179 e. The summed E-state index contributed by atoms with van der Waals surface area (Å²) in [4.78, 5) is 0. The van der Waals surface area contributed by atoms with E-state index in [0.717, 1.165) is 5.75 Å². The minimum absolute atomic E-state index is 0.649. The van der Waals surface area contributed by atoms with Crippen molar-refractivity contribution in [3.05, 3.63) is 10.3 Å². The van der Waals surface area contributed by atoms with Gasteiger partial charge in [0.1, 0.15) is 0 Å². The van der Waals surface area contributed by atoms with Crippen LogP contribution in [0.1, 0.15) is 6.92 Å². The van der Waals surface area contributed by atoms with Crippen LogP contribution in [0, 0.1) is 5.92 Å². The first-order chi connectivity index (χ1) is 3.83. The summed E-state index contributed by atoms with van der Waals surface area (Å²) in [6.45, 7) is 2.18. The van der Waals surface area contributed by atoms with E-state index in [4.69, 9.17) is 0 Å². The van der Waals surface area contributed by atoms with E-state index in [-0.39, 0.29) is 0 Å². The molecule has 0 radical (unpaired) electrons. The summed E-state index contributed by atoms with van der Waals surface area (Å²) in [7, 11) is 3.71. The smallest absolute Gasteiger partial charge is 0.0589 e. The fourth-order valence-electron chi connectivity index (χ4n) is 0.365. The van der Waals surface area contributed by atoms with Crippen LogP contribution < -0.4 is 0 Å². The van der Waals surface area contributed by atoms with Gasteiger partial charge in [-0.05, 0) is 33.3 Å². The fourth-order valence-corrected chi connectivity index (χ4v) is 1.57. The number of rotatable bonds is 2. The lowest BCUT2D eigenvalue weighted by Gasteiger charge is -1.94. The first-order valence-electron chi connectivity index (χ1n) is 2.50. The summed E-state index contributed by atoms with van der Waals surface area (Å²) in [5.41, 5.74) is 0. The van der Waals surface area contributed by atoms with Gasteiger partial charge >= 0.3 is 0 Å². The average molecular weight is 164 g/mol. The van der Waals surface area contributed by atoms with Gasteiger partial charge < -0.3 is 0 Å². The molecule has 0 aromatic carbocycles. The van der Waals surface area contributed by atoms with Crippen molar-refractivity contribution in [3.8, 4) is 0 Å². The van der Waals surface area contributed by atoms with Crippen molar-refractivity contribution in [2.45, 2.75) is 6.92 Å². The molecule has 1 aliphatic heterocycles. The van der Waals surface area contributed by atoms with Crippen LogP contribution in [0.4, 0.5) is 0 Å². The molecule has 0 spiro atoms. The molecule has 3 heteroatoms. The van der Waals surface area contributed by atoms with E-state index in [0.29, 0.717) is 5.92 Å². The lowest BCUT2D eigenvalue weighted by atomic mass is 10.2. The molecule has 1 saturated heterocycles. The van der Waals surface area contributed by atoms with Crippen molar-refractivity contribution in [2.75, 3.05) is 5.75 Å². The van der Waals surface area contributed by atoms with Crippen LogP contribution in [-0.2, 0) is 0 Å². The van der Waals surface area contributed by atoms with E-state index in [1.807, 2.05) is 21.6 Å². The monoisotopic (exact) mass is 164 g/mol. The summed E-state index contributed by atoms with van der Waals surface area (Å²) in [6.07, 6.45) is 2.27. The van der Waals surface area contributed by atoms with Crippen LogP contribution in [-0.4, -0.2) is 5.75 Å². The van der Waals surface area contributed by atoms with Gasteiger partial charge in [0.2, 0.25) is 0 Å². The molecule has 46 valence electrons. The van der Waals surface area contributed by atoms with Gasteiger partial charge in [-0.2, -0.15) is 12.6 Å². The van der Waals surface area contributed by atoms with E-state index in [1.54, 1.807) is 0 Å². The lowest BCUT2D eigenvalue weighted by molar-refractivity contribution is 0.851. The zero-order chi connectivity index (χ0) is 5.98. The fraction of sp³-hybridized carbons (Fsp3) is 0.600.